The van der Waals surface area contributed by atoms with E-state index < -0.39 is 0 Å². The van der Waals surface area contributed by atoms with Crippen molar-refractivity contribution in [2.75, 3.05) is 33.3 Å². The maximum absolute atomic E-state index is 13.2. The van der Waals surface area contributed by atoms with Crippen LogP contribution in [0.25, 0.3) is 0 Å². The van der Waals surface area contributed by atoms with Crippen LogP contribution in [-0.2, 0) is 19.7 Å². The van der Waals surface area contributed by atoms with Crippen molar-refractivity contribution >= 4 is 6.03 Å². The van der Waals surface area contributed by atoms with E-state index in [1.165, 1.54) is 12.8 Å². The number of carbonyl (C=O) groups excluding carboxylic acids is 1. The normalized spacial score (nSPS) is 13.4. The van der Waals surface area contributed by atoms with Crippen LogP contribution in [0.5, 0.6) is 11.5 Å². The Bertz CT molecular complexity index is 1050. The quantitative estimate of drug-likeness (QED) is 0.422. The van der Waals surface area contributed by atoms with E-state index in [-0.39, 0.29) is 6.03 Å². The molecule has 0 spiro atoms. The number of benzene rings is 3. The van der Waals surface area contributed by atoms with Crippen LogP contribution in [-0.4, -0.2) is 49.1 Å². The third-order valence-electron chi connectivity index (χ3n) is 6.30. The van der Waals surface area contributed by atoms with Crippen LogP contribution in [0.15, 0.2) is 78.9 Å². The number of methoxy groups -OCH3 is 1. The van der Waals surface area contributed by atoms with Crippen LogP contribution in [0, 0.1) is 0 Å². The minimum absolute atomic E-state index is 0.0596. The number of urea groups is 1. The Morgan fingerprint density at radius 2 is 1.57 bits per heavy atom. The topological polar surface area (TPSA) is 54.0 Å². The van der Waals surface area contributed by atoms with E-state index in [1.54, 1.807) is 7.11 Å². The van der Waals surface area contributed by atoms with E-state index in [1.807, 2.05) is 83.8 Å². The zero-order chi connectivity index (χ0) is 24.3. The highest BCUT2D eigenvalue weighted by Crippen LogP contribution is 2.29. The molecule has 6 nitrogen and oxygen atoms in total. The van der Waals surface area contributed by atoms with Crippen molar-refractivity contribution in [3.8, 4) is 11.5 Å². The fraction of sp³-hybridized carbons (Fsp3) is 0.345. The summed E-state index contributed by atoms with van der Waals surface area (Å²) in [5.74, 6) is 1.36. The molecule has 1 saturated heterocycles. The second-order valence-corrected chi connectivity index (χ2v) is 8.87. The minimum Gasteiger partial charge on any atom is -0.493 e. The fourth-order valence-corrected chi connectivity index (χ4v) is 4.29. The predicted octanol–water partition coefficient (Wildman–Crippen LogP) is 5.08. The first-order valence-electron chi connectivity index (χ1n) is 12.3. The first-order chi connectivity index (χ1) is 17.2. The highest BCUT2D eigenvalue weighted by atomic mass is 16.5. The largest absolute Gasteiger partial charge is 0.493 e. The van der Waals surface area contributed by atoms with Gasteiger partial charge in [0.2, 0.25) is 0 Å². The van der Waals surface area contributed by atoms with Crippen LogP contribution in [0.3, 0.4) is 0 Å². The van der Waals surface area contributed by atoms with E-state index in [9.17, 15) is 4.79 Å². The van der Waals surface area contributed by atoms with Gasteiger partial charge in [-0.15, -0.1) is 0 Å². The predicted molar refractivity (Wildman–Crippen MR) is 139 cm³/mol. The molecule has 3 aromatic rings. The van der Waals surface area contributed by atoms with Gasteiger partial charge in [-0.25, -0.2) is 4.79 Å². The number of hydrogen-bond acceptors (Lipinski definition) is 4. The van der Waals surface area contributed by atoms with Gasteiger partial charge in [0.05, 0.1) is 7.11 Å². The zero-order valence-corrected chi connectivity index (χ0v) is 20.5. The molecule has 0 unspecified atom stereocenters. The number of ether oxygens (including phenoxy) is 2. The average Bonchev–Trinajstić information content (AvgIpc) is 3.43. The summed E-state index contributed by atoms with van der Waals surface area (Å²) in [5.41, 5.74) is 3.18. The summed E-state index contributed by atoms with van der Waals surface area (Å²) in [4.78, 5) is 17.5. The molecule has 1 fully saturated rings. The molecule has 0 atom stereocenters. The molecule has 184 valence electrons. The zero-order valence-electron chi connectivity index (χ0n) is 20.5. The lowest BCUT2D eigenvalue weighted by atomic mass is 10.2. The van der Waals surface area contributed by atoms with Crippen LogP contribution >= 0.6 is 0 Å². The van der Waals surface area contributed by atoms with Gasteiger partial charge in [-0.1, -0.05) is 66.7 Å². The van der Waals surface area contributed by atoms with Gasteiger partial charge < -0.3 is 24.6 Å². The van der Waals surface area contributed by atoms with Crippen LogP contribution in [0.2, 0.25) is 0 Å². The molecular formula is C29H35N3O3. The molecule has 0 saturated carbocycles. The summed E-state index contributed by atoms with van der Waals surface area (Å²) in [6, 6.07) is 25.9. The molecule has 0 aliphatic carbocycles. The third-order valence-corrected chi connectivity index (χ3v) is 6.30. The molecule has 0 bridgehead atoms. The SMILES string of the molecule is COc1ccc(CN(CCN2CCCC2)C(=O)NCc2ccccc2)cc1OCc1ccccc1. The first kappa shape index (κ1) is 24.6. The molecule has 6 heteroatoms. The number of carbonyl (C=O) groups is 1. The van der Waals surface area contributed by atoms with Crippen molar-refractivity contribution in [1.29, 1.82) is 0 Å². The van der Waals surface area contributed by atoms with Crippen molar-refractivity contribution in [2.45, 2.75) is 32.5 Å². The summed E-state index contributed by atoms with van der Waals surface area (Å²) in [6.45, 7) is 5.24. The number of rotatable bonds is 11. The van der Waals surface area contributed by atoms with E-state index in [0.717, 1.165) is 36.3 Å². The number of hydrogen-bond donors (Lipinski definition) is 1. The maximum atomic E-state index is 13.2. The van der Waals surface area contributed by atoms with Gasteiger partial charge in [-0.3, -0.25) is 0 Å². The first-order valence-corrected chi connectivity index (χ1v) is 12.3. The van der Waals surface area contributed by atoms with Gasteiger partial charge in [-0.2, -0.15) is 0 Å². The highest BCUT2D eigenvalue weighted by Gasteiger charge is 2.18. The molecule has 0 aromatic heterocycles. The Labute approximate surface area is 208 Å². The Hall–Kier alpha value is -3.51. The number of likely N-dealkylation sites (tertiary alicyclic amines) is 1. The molecule has 1 N–H and O–H groups in total. The lowest BCUT2D eigenvalue weighted by Gasteiger charge is -2.26. The van der Waals surface area contributed by atoms with E-state index >= 15 is 0 Å². The van der Waals surface area contributed by atoms with Crippen LogP contribution in [0.1, 0.15) is 29.5 Å². The molecule has 35 heavy (non-hydrogen) atoms. The van der Waals surface area contributed by atoms with Crippen molar-refractivity contribution in [1.82, 2.24) is 15.1 Å². The summed E-state index contributed by atoms with van der Waals surface area (Å²) in [7, 11) is 1.64. The van der Waals surface area contributed by atoms with Gasteiger partial charge >= 0.3 is 6.03 Å². The number of nitrogens with zero attached hydrogens (tertiary/aromatic N) is 2. The van der Waals surface area contributed by atoms with Crippen LogP contribution < -0.4 is 14.8 Å². The second-order valence-electron chi connectivity index (χ2n) is 8.87. The summed E-state index contributed by atoms with van der Waals surface area (Å²) >= 11 is 0. The van der Waals surface area contributed by atoms with Crippen molar-refractivity contribution in [3.63, 3.8) is 0 Å². The molecular weight excluding hydrogens is 438 g/mol. The molecule has 2 amide bonds. The van der Waals surface area contributed by atoms with Crippen molar-refractivity contribution in [2.24, 2.45) is 0 Å². The molecule has 1 aliphatic rings. The van der Waals surface area contributed by atoms with E-state index in [4.69, 9.17) is 9.47 Å². The van der Waals surface area contributed by atoms with Crippen molar-refractivity contribution < 1.29 is 14.3 Å². The maximum Gasteiger partial charge on any atom is 0.318 e. The Morgan fingerprint density at radius 3 is 2.26 bits per heavy atom. The molecule has 3 aromatic carbocycles. The van der Waals surface area contributed by atoms with Gasteiger partial charge in [-0.05, 0) is 54.8 Å². The highest BCUT2D eigenvalue weighted by molar-refractivity contribution is 5.74. The van der Waals surface area contributed by atoms with Gasteiger partial charge in [0.25, 0.3) is 0 Å². The number of nitrogens with one attached hydrogen (secondary N) is 1. The third kappa shape index (κ3) is 7.49. The fourth-order valence-electron chi connectivity index (χ4n) is 4.29. The minimum atomic E-state index is -0.0596. The standard InChI is InChI=1S/C29H35N3O3/c1-34-27-15-14-26(20-28(27)35-23-25-12-6-3-7-13-25)22-32(19-18-31-16-8-9-17-31)29(33)30-21-24-10-4-2-5-11-24/h2-7,10-15,20H,8-9,16-19,21-23H2,1H3,(H,30,33). The summed E-state index contributed by atoms with van der Waals surface area (Å²) in [6.07, 6.45) is 2.47. The molecule has 0 radical (unpaired) electrons. The summed E-state index contributed by atoms with van der Waals surface area (Å²) in [5, 5.41) is 3.09. The lowest BCUT2D eigenvalue weighted by Crippen LogP contribution is -2.43. The van der Waals surface area contributed by atoms with E-state index in [2.05, 4.69) is 10.2 Å². The van der Waals surface area contributed by atoms with Crippen LogP contribution in [0.4, 0.5) is 4.79 Å². The second kappa shape index (κ2) is 12.8. The summed E-state index contributed by atoms with van der Waals surface area (Å²) < 4.78 is 11.6. The monoisotopic (exact) mass is 473 g/mol. The average molecular weight is 474 g/mol. The number of amides is 2. The van der Waals surface area contributed by atoms with Crippen molar-refractivity contribution in [3.05, 3.63) is 95.6 Å². The van der Waals surface area contributed by atoms with Gasteiger partial charge in [0.15, 0.2) is 11.5 Å². The molecule has 1 heterocycles. The smallest absolute Gasteiger partial charge is 0.318 e. The Kier molecular flexibility index (Phi) is 9.01. The van der Waals surface area contributed by atoms with Gasteiger partial charge in [0.1, 0.15) is 6.61 Å². The Morgan fingerprint density at radius 1 is 0.886 bits per heavy atom. The molecule has 4 rings (SSSR count). The van der Waals surface area contributed by atoms with E-state index in [0.29, 0.717) is 37.7 Å². The lowest BCUT2D eigenvalue weighted by molar-refractivity contribution is 0.184. The molecule has 1 aliphatic heterocycles. The van der Waals surface area contributed by atoms with Gasteiger partial charge in [0, 0.05) is 26.2 Å². The Balaban J connectivity index is 1.44.